The number of nitrogens with one attached hydrogen (secondary N) is 1. The fourth-order valence-electron chi connectivity index (χ4n) is 2.44. The monoisotopic (exact) mass is 327 g/mol. The minimum absolute atomic E-state index is 0.227. The molecule has 1 amide bonds. The summed E-state index contributed by atoms with van der Waals surface area (Å²) in [5.41, 5.74) is 0.822. The number of halogens is 1. The van der Waals surface area contributed by atoms with Crippen molar-refractivity contribution < 1.29 is 4.79 Å². The Morgan fingerprint density at radius 2 is 1.91 bits per heavy atom. The van der Waals surface area contributed by atoms with Gasteiger partial charge in [-0.3, -0.25) is 9.59 Å². The molecule has 0 bridgehead atoms. The van der Waals surface area contributed by atoms with E-state index in [9.17, 15) is 9.59 Å². The van der Waals surface area contributed by atoms with Gasteiger partial charge in [0.15, 0.2) is 5.69 Å². The van der Waals surface area contributed by atoms with Gasteiger partial charge in [-0.25, -0.2) is 4.68 Å². The van der Waals surface area contributed by atoms with Crippen LogP contribution in [0.15, 0.2) is 53.3 Å². The average Bonchev–Trinajstić information content (AvgIpc) is 2.57. The number of carbonyl (C=O) groups is 1. The summed E-state index contributed by atoms with van der Waals surface area (Å²) >= 11 is 5.98. The standard InChI is InChI=1S/C17H14ClN3O2/c1-19-16(22)15-13-7-2-3-8-14(13)17(23)21(20-15)10-11-5-4-6-12(18)9-11/h2-9H,10H2,1H3,(H,19,22). The third-order valence-electron chi connectivity index (χ3n) is 3.53. The molecule has 0 fully saturated rings. The van der Waals surface area contributed by atoms with E-state index < -0.39 is 0 Å². The lowest BCUT2D eigenvalue weighted by Crippen LogP contribution is -2.29. The molecular weight excluding hydrogens is 314 g/mol. The van der Waals surface area contributed by atoms with Crippen LogP contribution in [0.2, 0.25) is 5.02 Å². The van der Waals surface area contributed by atoms with Crippen molar-refractivity contribution in [3.8, 4) is 0 Å². The molecule has 3 rings (SSSR count). The van der Waals surface area contributed by atoms with E-state index in [1.54, 1.807) is 36.4 Å². The minimum Gasteiger partial charge on any atom is -0.354 e. The number of fused-ring (bicyclic) bond motifs is 1. The van der Waals surface area contributed by atoms with Crippen molar-refractivity contribution in [1.82, 2.24) is 15.1 Å². The molecule has 2 aromatic carbocycles. The van der Waals surface area contributed by atoms with Crippen molar-refractivity contribution in [2.45, 2.75) is 6.54 Å². The molecule has 0 atom stereocenters. The topological polar surface area (TPSA) is 64.0 Å². The summed E-state index contributed by atoms with van der Waals surface area (Å²) in [5.74, 6) is -0.332. The van der Waals surface area contributed by atoms with Gasteiger partial charge in [0.25, 0.3) is 11.5 Å². The maximum Gasteiger partial charge on any atom is 0.274 e. The highest BCUT2D eigenvalue weighted by Gasteiger charge is 2.15. The highest BCUT2D eigenvalue weighted by molar-refractivity contribution is 6.30. The van der Waals surface area contributed by atoms with Crippen LogP contribution in [0.3, 0.4) is 0 Å². The molecule has 6 heteroatoms. The molecule has 0 aliphatic carbocycles. The molecule has 116 valence electrons. The van der Waals surface area contributed by atoms with Crippen LogP contribution in [0.4, 0.5) is 0 Å². The zero-order valence-electron chi connectivity index (χ0n) is 12.4. The lowest BCUT2D eigenvalue weighted by molar-refractivity contribution is 0.0957. The fourth-order valence-corrected chi connectivity index (χ4v) is 2.65. The van der Waals surface area contributed by atoms with Gasteiger partial charge in [0, 0.05) is 17.5 Å². The van der Waals surface area contributed by atoms with E-state index in [4.69, 9.17) is 11.6 Å². The molecule has 1 heterocycles. The summed E-state index contributed by atoms with van der Waals surface area (Å²) < 4.78 is 1.29. The first-order valence-corrected chi connectivity index (χ1v) is 7.44. The average molecular weight is 328 g/mol. The molecule has 0 saturated carbocycles. The summed E-state index contributed by atoms with van der Waals surface area (Å²) in [7, 11) is 1.53. The van der Waals surface area contributed by atoms with Crippen LogP contribution < -0.4 is 10.9 Å². The Morgan fingerprint density at radius 3 is 2.61 bits per heavy atom. The SMILES string of the molecule is CNC(=O)c1nn(Cc2cccc(Cl)c2)c(=O)c2ccccc12. The number of rotatable bonds is 3. The summed E-state index contributed by atoms with van der Waals surface area (Å²) in [6.45, 7) is 0.244. The molecule has 23 heavy (non-hydrogen) atoms. The molecule has 0 unspecified atom stereocenters. The molecule has 1 N–H and O–H groups in total. The largest absolute Gasteiger partial charge is 0.354 e. The highest BCUT2D eigenvalue weighted by atomic mass is 35.5. The molecule has 1 aromatic heterocycles. The van der Waals surface area contributed by atoms with Crippen LogP contribution >= 0.6 is 11.6 Å². The summed E-state index contributed by atoms with van der Waals surface area (Å²) in [5, 5.41) is 8.39. The van der Waals surface area contributed by atoms with Gasteiger partial charge >= 0.3 is 0 Å². The molecule has 0 aliphatic heterocycles. The first-order valence-electron chi connectivity index (χ1n) is 7.06. The van der Waals surface area contributed by atoms with Gasteiger partial charge in [-0.15, -0.1) is 0 Å². The Kier molecular flexibility index (Phi) is 4.12. The molecular formula is C17H14ClN3O2. The second-order valence-electron chi connectivity index (χ2n) is 5.07. The Balaban J connectivity index is 2.19. The molecule has 0 radical (unpaired) electrons. The van der Waals surface area contributed by atoms with E-state index in [0.29, 0.717) is 15.8 Å². The van der Waals surface area contributed by atoms with Crippen LogP contribution in [0.1, 0.15) is 16.1 Å². The lowest BCUT2D eigenvalue weighted by atomic mass is 10.1. The Labute approximate surface area is 137 Å². The zero-order chi connectivity index (χ0) is 16.4. The summed E-state index contributed by atoms with van der Waals surface area (Å²) in [4.78, 5) is 24.7. The predicted molar refractivity (Wildman–Crippen MR) is 89.9 cm³/mol. The Morgan fingerprint density at radius 1 is 1.17 bits per heavy atom. The third kappa shape index (κ3) is 2.96. The predicted octanol–water partition coefficient (Wildman–Crippen LogP) is 2.46. The maximum absolute atomic E-state index is 12.6. The molecule has 0 saturated heterocycles. The van der Waals surface area contributed by atoms with Gasteiger partial charge in [-0.2, -0.15) is 5.10 Å². The van der Waals surface area contributed by atoms with Crippen LogP contribution in [0.5, 0.6) is 0 Å². The van der Waals surface area contributed by atoms with Gasteiger partial charge < -0.3 is 5.32 Å². The Bertz CT molecular complexity index is 950. The van der Waals surface area contributed by atoms with E-state index in [-0.39, 0.29) is 23.7 Å². The summed E-state index contributed by atoms with van der Waals surface area (Å²) in [6.07, 6.45) is 0. The van der Waals surface area contributed by atoms with Gasteiger partial charge in [0.05, 0.1) is 11.9 Å². The van der Waals surface area contributed by atoms with Crippen LogP contribution in [-0.4, -0.2) is 22.7 Å². The Hall–Kier alpha value is -2.66. The molecule has 3 aromatic rings. The second-order valence-corrected chi connectivity index (χ2v) is 5.50. The molecule has 0 aliphatic rings. The van der Waals surface area contributed by atoms with Crippen LogP contribution in [0.25, 0.3) is 10.8 Å². The summed E-state index contributed by atoms with van der Waals surface area (Å²) in [6, 6.07) is 14.1. The zero-order valence-corrected chi connectivity index (χ0v) is 13.2. The highest BCUT2D eigenvalue weighted by Crippen LogP contribution is 2.15. The number of benzene rings is 2. The minimum atomic E-state index is -0.332. The van der Waals surface area contributed by atoms with Gasteiger partial charge in [-0.1, -0.05) is 41.9 Å². The number of amides is 1. The first-order chi connectivity index (χ1) is 11.1. The first kappa shape index (κ1) is 15.2. The number of hydrogen-bond donors (Lipinski definition) is 1. The van der Waals surface area contributed by atoms with Gasteiger partial charge in [0.1, 0.15) is 0 Å². The maximum atomic E-state index is 12.6. The smallest absolute Gasteiger partial charge is 0.274 e. The van der Waals surface area contributed by atoms with Crippen molar-refractivity contribution in [1.29, 1.82) is 0 Å². The van der Waals surface area contributed by atoms with Crippen molar-refractivity contribution in [3.05, 3.63) is 75.2 Å². The van der Waals surface area contributed by atoms with E-state index in [2.05, 4.69) is 10.4 Å². The van der Waals surface area contributed by atoms with Crippen molar-refractivity contribution in [2.75, 3.05) is 7.05 Å². The van der Waals surface area contributed by atoms with Gasteiger partial charge in [-0.05, 0) is 23.8 Å². The molecule has 0 spiro atoms. The number of hydrogen-bond acceptors (Lipinski definition) is 3. The van der Waals surface area contributed by atoms with Crippen LogP contribution in [0, 0.1) is 0 Å². The van der Waals surface area contributed by atoms with Crippen molar-refractivity contribution >= 4 is 28.3 Å². The number of aromatic nitrogens is 2. The fraction of sp³-hybridized carbons (Fsp3) is 0.118. The number of carbonyl (C=O) groups excluding carboxylic acids is 1. The third-order valence-corrected chi connectivity index (χ3v) is 3.77. The van der Waals surface area contributed by atoms with E-state index >= 15 is 0 Å². The van der Waals surface area contributed by atoms with Crippen molar-refractivity contribution in [3.63, 3.8) is 0 Å². The van der Waals surface area contributed by atoms with E-state index in [1.807, 2.05) is 12.1 Å². The van der Waals surface area contributed by atoms with Gasteiger partial charge in [0.2, 0.25) is 0 Å². The number of nitrogens with zero attached hydrogens (tertiary/aromatic N) is 2. The van der Waals surface area contributed by atoms with Crippen LogP contribution in [-0.2, 0) is 6.54 Å². The lowest BCUT2D eigenvalue weighted by Gasteiger charge is -2.10. The van der Waals surface area contributed by atoms with Crippen molar-refractivity contribution in [2.24, 2.45) is 0 Å². The van der Waals surface area contributed by atoms with E-state index in [1.165, 1.54) is 11.7 Å². The van der Waals surface area contributed by atoms with E-state index in [0.717, 1.165) is 5.56 Å². The molecule has 5 nitrogen and oxygen atoms in total. The second kappa shape index (κ2) is 6.22. The quantitative estimate of drug-likeness (QED) is 0.803. The normalized spacial score (nSPS) is 10.7.